The van der Waals surface area contributed by atoms with Crippen molar-refractivity contribution in [2.24, 2.45) is 5.41 Å². The zero-order chi connectivity index (χ0) is 13.9. The van der Waals surface area contributed by atoms with Crippen molar-refractivity contribution in [2.75, 3.05) is 6.54 Å². The number of hydrogen-bond donors (Lipinski definition) is 1. The number of carbonyl (C=O) groups is 1. The molecule has 0 unspecified atom stereocenters. The molecule has 1 aromatic rings. The van der Waals surface area contributed by atoms with Gasteiger partial charge in [0, 0.05) is 11.0 Å². The van der Waals surface area contributed by atoms with Crippen LogP contribution in [0.2, 0.25) is 5.02 Å². The van der Waals surface area contributed by atoms with Crippen LogP contribution in [0, 0.1) is 5.41 Å². The molecule has 0 bridgehead atoms. The molecular formula is C15H19BrClNO. The van der Waals surface area contributed by atoms with Crippen LogP contribution in [0.1, 0.15) is 49.4 Å². The molecule has 2 rings (SSSR count). The molecule has 1 aliphatic rings. The first-order valence-electron chi connectivity index (χ1n) is 6.73. The third-order valence-corrected chi connectivity index (χ3v) is 4.73. The van der Waals surface area contributed by atoms with E-state index in [-0.39, 0.29) is 11.3 Å². The van der Waals surface area contributed by atoms with Crippen molar-refractivity contribution in [3.8, 4) is 0 Å². The largest absolute Gasteiger partial charge is 0.351 e. The lowest BCUT2D eigenvalue weighted by molar-refractivity contribution is 0.0919. The molecule has 104 valence electrons. The van der Waals surface area contributed by atoms with Crippen molar-refractivity contribution < 1.29 is 4.79 Å². The third-order valence-electron chi connectivity index (χ3n) is 3.91. The highest BCUT2D eigenvalue weighted by Gasteiger charge is 2.27. The van der Waals surface area contributed by atoms with E-state index in [4.69, 9.17) is 11.6 Å². The van der Waals surface area contributed by atoms with E-state index in [9.17, 15) is 4.79 Å². The quantitative estimate of drug-likeness (QED) is 0.838. The fraction of sp³-hybridized carbons (Fsp3) is 0.533. The summed E-state index contributed by atoms with van der Waals surface area (Å²) >= 11 is 9.43. The molecular weight excluding hydrogens is 326 g/mol. The van der Waals surface area contributed by atoms with Gasteiger partial charge in [-0.05, 0) is 36.5 Å². The maximum absolute atomic E-state index is 12.2. The first-order valence-corrected chi connectivity index (χ1v) is 7.91. The second-order valence-electron chi connectivity index (χ2n) is 5.68. The third kappa shape index (κ3) is 3.96. The number of nitrogens with one attached hydrogen (secondary N) is 1. The molecule has 0 aromatic heterocycles. The smallest absolute Gasteiger partial charge is 0.252 e. The van der Waals surface area contributed by atoms with Gasteiger partial charge in [-0.3, -0.25) is 4.79 Å². The molecule has 0 atom stereocenters. The van der Waals surface area contributed by atoms with E-state index in [1.807, 2.05) is 6.07 Å². The first kappa shape index (κ1) is 14.9. The highest BCUT2D eigenvalue weighted by atomic mass is 79.9. The number of hydrogen-bond acceptors (Lipinski definition) is 1. The molecule has 1 fully saturated rings. The maximum atomic E-state index is 12.2. The second-order valence-corrected chi connectivity index (χ2v) is 7.00. The van der Waals surface area contributed by atoms with Gasteiger partial charge in [-0.1, -0.05) is 53.7 Å². The fourth-order valence-electron chi connectivity index (χ4n) is 2.64. The molecule has 1 amide bonds. The van der Waals surface area contributed by atoms with E-state index >= 15 is 0 Å². The Morgan fingerprint density at radius 3 is 2.74 bits per heavy atom. The average Bonchev–Trinajstić information content (AvgIpc) is 2.40. The van der Waals surface area contributed by atoms with Gasteiger partial charge in [0.2, 0.25) is 0 Å². The van der Waals surface area contributed by atoms with Gasteiger partial charge in [-0.2, -0.15) is 0 Å². The van der Waals surface area contributed by atoms with Crippen LogP contribution in [-0.4, -0.2) is 12.5 Å². The molecule has 1 aliphatic carbocycles. The molecule has 1 saturated carbocycles. The van der Waals surface area contributed by atoms with Crippen LogP contribution in [0.15, 0.2) is 22.7 Å². The fourth-order valence-corrected chi connectivity index (χ4v) is 3.21. The Kier molecular flexibility index (Phi) is 4.91. The molecule has 2 nitrogen and oxygen atoms in total. The van der Waals surface area contributed by atoms with Gasteiger partial charge in [-0.25, -0.2) is 0 Å². The van der Waals surface area contributed by atoms with E-state index in [2.05, 4.69) is 28.2 Å². The van der Waals surface area contributed by atoms with E-state index in [0.717, 1.165) is 11.0 Å². The summed E-state index contributed by atoms with van der Waals surface area (Å²) in [4.78, 5) is 12.2. The van der Waals surface area contributed by atoms with Crippen molar-refractivity contribution in [3.63, 3.8) is 0 Å². The van der Waals surface area contributed by atoms with Gasteiger partial charge in [0.05, 0.1) is 10.6 Å². The molecule has 0 heterocycles. The minimum Gasteiger partial charge on any atom is -0.351 e. The normalized spacial score (nSPS) is 18.1. The number of carbonyl (C=O) groups excluding carboxylic acids is 1. The van der Waals surface area contributed by atoms with Crippen LogP contribution in [-0.2, 0) is 0 Å². The Hall–Kier alpha value is -0.540. The SMILES string of the molecule is CC1(CNC(=O)c2cc(Br)ccc2Cl)CCCCC1. The van der Waals surface area contributed by atoms with Crippen molar-refractivity contribution >= 4 is 33.4 Å². The summed E-state index contributed by atoms with van der Waals surface area (Å²) in [7, 11) is 0. The van der Waals surface area contributed by atoms with Crippen LogP contribution < -0.4 is 5.32 Å². The lowest BCUT2D eigenvalue weighted by Crippen LogP contribution is -2.37. The zero-order valence-electron chi connectivity index (χ0n) is 11.1. The van der Waals surface area contributed by atoms with Crippen molar-refractivity contribution in [1.29, 1.82) is 0 Å². The molecule has 1 N–H and O–H groups in total. The second kappa shape index (κ2) is 6.27. The number of amides is 1. The Labute approximate surface area is 128 Å². The Morgan fingerprint density at radius 1 is 1.37 bits per heavy atom. The molecule has 0 radical (unpaired) electrons. The highest BCUT2D eigenvalue weighted by Crippen LogP contribution is 2.35. The van der Waals surface area contributed by atoms with Gasteiger partial charge in [-0.15, -0.1) is 0 Å². The minimum absolute atomic E-state index is 0.0851. The molecule has 19 heavy (non-hydrogen) atoms. The lowest BCUT2D eigenvalue weighted by Gasteiger charge is -2.33. The predicted octanol–water partition coefficient (Wildman–Crippen LogP) is 4.80. The van der Waals surface area contributed by atoms with Crippen LogP contribution >= 0.6 is 27.5 Å². The standard InChI is InChI=1S/C15H19BrClNO/c1-15(7-3-2-4-8-15)10-18-14(19)12-9-11(16)5-6-13(12)17/h5-6,9H,2-4,7-8,10H2,1H3,(H,18,19). The molecule has 4 heteroatoms. The monoisotopic (exact) mass is 343 g/mol. The van der Waals surface area contributed by atoms with Gasteiger partial charge < -0.3 is 5.32 Å². The Balaban J connectivity index is 1.99. The van der Waals surface area contributed by atoms with Crippen LogP contribution in [0.4, 0.5) is 0 Å². The molecule has 0 spiro atoms. The number of rotatable bonds is 3. The summed E-state index contributed by atoms with van der Waals surface area (Å²) < 4.78 is 0.867. The zero-order valence-corrected chi connectivity index (χ0v) is 13.5. The Bertz CT molecular complexity index is 469. The van der Waals surface area contributed by atoms with Gasteiger partial charge in [0.25, 0.3) is 5.91 Å². The van der Waals surface area contributed by atoms with Crippen molar-refractivity contribution in [1.82, 2.24) is 5.32 Å². The summed E-state index contributed by atoms with van der Waals surface area (Å²) in [6.07, 6.45) is 6.24. The van der Waals surface area contributed by atoms with E-state index in [1.165, 1.54) is 32.1 Å². The number of benzene rings is 1. The van der Waals surface area contributed by atoms with Crippen molar-refractivity contribution in [3.05, 3.63) is 33.3 Å². The molecule has 1 aromatic carbocycles. The summed E-state index contributed by atoms with van der Waals surface area (Å²) in [5, 5.41) is 3.53. The first-order chi connectivity index (χ1) is 9.00. The van der Waals surface area contributed by atoms with Crippen LogP contribution in [0.3, 0.4) is 0 Å². The average molecular weight is 345 g/mol. The van der Waals surface area contributed by atoms with Crippen molar-refractivity contribution in [2.45, 2.75) is 39.0 Å². The maximum Gasteiger partial charge on any atom is 0.252 e. The summed E-state index contributed by atoms with van der Waals surface area (Å²) in [5.74, 6) is -0.0851. The lowest BCUT2D eigenvalue weighted by atomic mass is 9.76. The van der Waals surface area contributed by atoms with Gasteiger partial charge >= 0.3 is 0 Å². The van der Waals surface area contributed by atoms with E-state index < -0.39 is 0 Å². The highest BCUT2D eigenvalue weighted by molar-refractivity contribution is 9.10. The molecule has 0 aliphatic heterocycles. The minimum atomic E-state index is -0.0851. The van der Waals surface area contributed by atoms with Gasteiger partial charge in [0.15, 0.2) is 0 Å². The van der Waals surface area contributed by atoms with E-state index in [0.29, 0.717) is 10.6 Å². The number of halogens is 2. The Morgan fingerprint density at radius 2 is 2.05 bits per heavy atom. The summed E-state index contributed by atoms with van der Waals surface area (Å²) in [6.45, 7) is 2.99. The topological polar surface area (TPSA) is 29.1 Å². The van der Waals surface area contributed by atoms with Gasteiger partial charge in [0.1, 0.15) is 0 Å². The molecule has 0 saturated heterocycles. The predicted molar refractivity (Wildman–Crippen MR) is 82.7 cm³/mol. The van der Waals surface area contributed by atoms with E-state index in [1.54, 1.807) is 12.1 Å². The summed E-state index contributed by atoms with van der Waals surface area (Å²) in [5.41, 5.74) is 0.780. The van der Waals surface area contributed by atoms with Crippen LogP contribution in [0.25, 0.3) is 0 Å². The summed E-state index contributed by atoms with van der Waals surface area (Å²) in [6, 6.07) is 5.34. The van der Waals surface area contributed by atoms with Crippen LogP contribution in [0.5, 0.6) is 0 Å².